The van der Waals surface area contributed by atoms with Crippen LogP contribution in [0.2, 0.25) is 0 Å². The lowest BCUT2D eigenvalue weighted by Crippen LogP contribution is -1.92. The largest absolute Gasteiger partial charge is 0.264 e. The summed E-state index contributed by atoms with van der Waals surface area (Å²) in [7, 11) is 0. The van der Waals surface area contributed by atoms with Crippen LogP contribution in [0, 0.1) is 17.5 Å². The molecule has 2 rings (SSSR count). The number of pyridine rings is 1. The third-order valence-electron chi connectivity index (χ3n) is 2.01. The Kier molecular flexibility index (Phi) is 2.41. The molecule has 2 aromatic rings. The highest BCUT2D eigenvalue weighted by molar-refractivity contribution is 5.63. The van der Waals surface area contributed by atoms with Crippen LogP contribution in [-0.2, 0) is 0 Å². The molecule has 0 bridgehead atoms. The maximum Gasteiger partial charge on any atom is 0.166 e. The third kappa shape index (κ3) is 1.70. The first-order valence-electron chi connectivity index (χ1n) is 4.24. The molecule has 1 nitrogen and oxygen atoms in total. The van der Waals surface area contributed by atoms with E-state index in [2.05, 4.69) is 4.98 Å². The van der Waals surface area contributed by atoms with E-state index in [9.17, 15) is 13.2 Å². The Labute approximate surface area is 84.2 Å². The first-order chi connectivity index (χ1) is 7.20. The van der Waals surface area contributed by atoms with Gasteiger partial charge in [-0.15, -0.1) is 0 Å². The van der Waals surface area contributed by atoms with Crippen molar-refractivity contribution in [1.29, 1.82) is 0 Å². The van der Waals surface area contributed by atoms with Gasteiger partial charge in [0.25, 0.3) is 0 Å². The summed E-state index contributed by atoms with van der Waals surface area (Å²) >= 11 is 0. The van der Waals surface area contributed by atoms with E-state index in [1.54, 1.807) is 0 Å². The predicted octanol–water partition coefficient (Wildman–Crippen LogP) is 3.17. The number of rotatable bonds is 1. The molecule has 0 saturated heterocycles. The van der Waals surface area contributed by atoms with Crippen LogP contribution >= 0.6 is 0 Å². The number of hydrogen-bond donors (Lipinski definition) is 0. The Hall–Kier alpha value is -1.84. The van der Waals surface area contributed by atoms with Gasteiger partial charge in [0.05, 0.1) is 0 Å². The van der Waals surface area contributed by atoms with Crippen molar-refractivity contribution in [2.45, 2.75) is 0 Å². The van der Waals surface area contributed by atoms with Crippen molar-refractivity contribution in [3.63, 3.8) is 0 Å². The van der Waals surface area contributed by atoms with Gasteiger partial charge in [0, 0.05) is 23.5 Å². The lowest BCUT2D eigenvalue weighted by atomic mass is 10.1. The van der Waals surface area contributed by atoms with Gasteiger partial charge < -0.3 is 0 Å². The molecule has 76 valence electrons. The Balaban J connectivity index is 2.65. The monoisotopic (exact) mass is 209 g/mol. The fourth-order valence-corrected chi connectivity index (χ4v) is 1.29. The molecule has 0 amide bonds. The standard InChI is InChI=1S/C11H6F3N/c12-9-4-5-15-6-8(9)7-2-1-3-10(13)11(7)14/h1-6H. The minimum atomic E-state index is -1.07. The first-order valence-corrected chi connectivity index (χ1v) is 4.24. The summed E-state index contributed by atoms with van der Waals surface area (Å²) in [5.41, 5.74) is -0.171. The topological polar surface area (TPSA) is 12.9 Å². The molecule has 0 radical (unpaired) electrons. The molecule has 0 aliphatic carbocycles. The molecular formula is C11H6F3N. The zero-order valence-corrected chi connectivity index (χ0v) is 7.55. The third-order valence-corrected chi connectivity index (χ3v) is 2.01. The van der Waals surface area contributed by atoms with Crippen LogP contribution in [0.4, 0.5) is 13.2 Å². The minimum absolute atomic E-state index is 0.0468. The van der Waals surface area contributed by atoms with E-state index in [1.807, 2.05) is 0 Å². The minimum Gasteiger partial charge on any atom is -0.264 e. The zero-order valence-electron chi connectivity index (χ0n) is 7.55. The number of aromatic nitrogens is 1. The molecule has 15 heavy (non-hydrogen) atoms. The summed E-state index contributed by atoms with van der Waals surface area (Å²) in [6, 6.07) is 4.70. The van der Waals surface area contributed by atoms with E-state index in [0.717, 1.165) is 18.3 Å². The van der Waals surface area contributed by atoms with Gasteiger partial charge >= 0.3 is 0 Å². The summed E-state index contributed by atoms with van der Waals surface area (Å²) in [5.74, 6) is -2.70. The molecule has 1 heterocycles. The van der Waals surface area contributed by atoms with Crippen molar-refractivity contribution in [3.8, 4) is 11.1 Å². The number of nitrogens with zero attached hydrogens (tertiary/aromatic N) is 1. The quantitative estimate of drug-likeness (QED) is 0.702. The summed E-state index contributed by atoms with van der Waals surface area (Å²) < 4.78 is 39.4. The second-order valence-electron chi connectivity index (χ2n) is 2.96. The average molecular weight is 209 g/mol. The van der Waals surface area contributed by atoms with Gasteiger partial charge in [0.15, 0.2) is 11.6 Å². The van der Waals surface area contributed by atoms with E-state index < -0.39 is 17.5 Å². The van der Waals surface area contributed by atoms with Crippen molar-refractivity contribution in [1.82, 2.24) is 4.98 Å². The SMILES string of the molecule is Fc1ccncc1-c1cccc(F)c1F. The normalized spacial score (nSPS) is 10.3. The highest BCUT2D eigenvalue weighted by Crippen LogP contribution is 2.25. The van der Waals surface area contributed by atoms with Crippen molar-refractivity contribution in [3.05, 3.63) is 54.1 Å². The Morgan fingerprint density at radius 3 is 2.40 bits per heavy atom. The van der Waals surface area contributed by atoms with Gasteiger partial charge in [-0.1, -0.05) is 12.1 Å². The molecule has 0 fully saturated rings. The molecule has 0 atom stereocenters. The van der Waals surface area contributed by atoms with Crippen LogP contribution in [0.5, 0.6) is 0 Å². The summed E-state index contributed by atoms with van der Waals surface area (Å²) in [6.45, 7) is 0. The lowest BCUT2D eigenvalue weighted by Gasteiger charge is -2.04. The molecule has 1 aromatic heterocycles. The molecule has 0 unspecified atom stereocenters. The molecule has 0 N–H and O–H groups in total. The maximum atomic E-state index is 13.3. The van der Waals surface area contributed by atoms with Crippen LogP contribution < -0.4 is 0 Å². The van der Waals surface area contributed by atoms with Crippen molar-refractivity contribution in [2.24, 2.45) is 0 Å². The van der Waals surface area contributed by atoms with Crippen LogP contribution in [0.15, 0.2) is 36.7 Å². The van der Waals surface area contributed by atoms with E-state index in [0.29, 0.717) is 0 Å². The predicted molar refractivity (Wildman–Crippen MR) is 49.5 cm³/mol. The number of hydrogen-bond acceptors (Lipinski definition) is 1. The van der Waals surface area contributed by atoms with Gasteiger partial charge in [-0.2, -0.15) is 0 Å². The summed E-state index contributed by atoms with van der Waals surface area (Å²) in [6.07, 6.45) is 2.41. The maximum absolute atomic E-state index is 13.3. The smallest absolute Gasteiger partial charge is 0.166 e. The van der Waals surface area contributed by atoms with E-state index >= 15 is 0 Å². The van der Waals surface area contributed by atoms with Crippen molar-refractivity contribution >= 4 is 0 Å². The van der Waals surface area contributed by atoms with Gasteiger partial charge in [0.2, 0.25) is 0 Å². The molecule has 0 saturated carbocycles. The molecule has 0 spiro atoms. The Morgan fingerprint density at radius 2 is 1.67 bits per heavy atom. The summed E-state index contributed by atoms with van der Waals surface area (Å²) in [4.78, 5) is 3.66. The highest BCUT2D eigenvalue weighted by atomic mass is 19.2. The fourth-order valence-electron chi connectivity index (χ4n) is 1.29. The second-order valence-corrected chi connectivity index (χ2v) is 2.96. The van der Waals surface area contributed by atoms with E-state index in [1.165, 1.54) is 18.3 Å². The number of halogens is 3. The van der Waals surface area contributed by atoms with Gasteiger partial charge in [0.1, 0.15) is 5.82 Å². The Morgan fingerprint density at radius 1 is 0.867 bits per heavy atom. The fraction of sp³-hybridized carbons (Fsp3) is 0. The van der Waals surface area contributed by atoms with Crippen molar-refractivity contribution in [2.75, 3.05) is 0 Å². The molecule has 0 aliphatic heterocycles. The van der Waals surface area contributed by atoms with Crippen LogP contribution in [-0.4, -0.2) is 4.98 Å². The lowest BCUT2D eigenvalue weighted by molar-refractivity contribution is 0.510. The van der Waals surface area contributed by atoms with E-state index in [-0.39, 0.29) is 11.1 Å². The second kappa shape index (κ2) is 3.73. The van der Waals surface area contributed by atoms with E-state index in [4.69, 9.17) is 0 Å². The van der Waals surface area contributed by atoms with Crippen LogP contribution in [0.25, 0.3) is 11.1 Å². The summed E-state index contributed by atoms with van der Waals surface area (Å²) in [5, 5.41) is 0. The van der Waals surface area contributed by atoms with Gasteiger partial charge in [-0.3, -0.25) is 4.98 Å². The number of benzene rings is 1. The molecule has 4 heteroatoms. The molecule has 1 aromatic carbocycles. The first kappa shape index (κ1) is 9.71. The van der Waals surface area contributed by atoms with Gasteiger partial charge in [-0.25, -0.2) is 13.2 Å². The molecule has 0 aliphatic rings. The Bertz CT molecular complexity index is 497. The highest BCUT2D eigenvalue weighted by Gasteiger charge is 2.12. The van der Waals surface area contributed by atoms with Crippen molar-refractivity contribution < 1.29 is 13.2 Å². The molecular weight excluding hydrogens is 203 g/mol. The van der Waals surface area contributed by atoms with Crippen LogP contribution in [0.1, 0.15) is 0 Å². The zero-order chi connectivity index (χ0) is 10.8. The van der Waals surface area contributed by atoms with Gasteiger partial charge in [-0.05, 0) is 12.1 Å². The van der Waals surface area contributed by atoms with Crippen LogP contribution in [0.3, 0.4) is 0 Å². The average Bonchev–Trinajstić information content (AvgIpc) is 2.23.